The van der Waals surface area contributed by atoms with Crippen molar-refractivity contribution in [2.75, 3.05) is 13.1 Å². The van der Waals surface area contributed by atoms with E-state index in [1.165, 1.54) is 0 Å². The second-order valence-corrected chi connectivity index (χ2v) is 4.46. The molecular formula is C15H19NO2. The van der Waals surface area contributed by atoms with Gasteiger partial charge in [0.15, 0.2) is 0 Å². The fraction of sp³-hybridized carbons (Fsp3) is 0.400. The molecule has 0 radical (unpaired) electrons. The molecule has 18 heavy (non-hydrogen) atoms. The van der Waals surface area contributed by atoms with Crippen LogP contribution in [0.2, 0.25) is 0 Å². The van der Waals surface area contributed by atoms with E-state index in [0.717, 1.165) is 5.56 Å². The summed E-state index contributed by atoms with van der Waals surface area (Å²) in [6.45, 7) is 4.65. The highest BCUT2D eigenvalue weighted by atomic mass is 16.4. The molecule has 0 aliphatic carbocycles. The summed E-state index contributed by atoms with van der Waals surface area (Å²) in [7, 11) is 0. The number of hydrogen-bond donors (Lipinski definition) is 1. The third-order valence-electron chi connectivity index (χ3n) is 3.05. The molecule has 3 heteroatoms. The van der Waals surface area contributed by atoms with Crippen molar-refractivity contribution in [1.29, 1.82) is 0 Å². The summed E-state index contributed by atoms with van der Waals surface area (Å²) in [6.07, 6.45) is 5.36. The number of hydrogen-bond acceptors (Lipinski definition) is 2. The molecule has 0 spiro atoms. The van der Waals surface area contributed by atoms with Crippen LogP contribution >= 0.6 is 0 Å². The van der Waals surface area contributed by atoms with Gasteiger partial charge in [0.1, 0.15) is 0 Å². The van der Waals surface area contributed by atoms with E-state index < -0.39 is 11.9 Å². The molecule has 0 bridgehead atoms. The zero-order valence-electron chi connectivity index (χ0n) is 10.8. The maximum atomic E-state index is 10.9. The molecule has 2 unspecified atom stereocenters. The number of carbonyl (C=O) groups is 1. The maximum Gasteiger partial charge on any atom is 0.307 e. The van der Waals surface area contributed by atoms with E-state index in [9.17, 15) is 4.79 Å². The van der Waals surface area contributed by atoms with Gasteiger partial charge in [-0.3, -0.25) is 9.69 Å². The molecule has 1 aromatic rings. The largest absolute Gasteiger partial charge is 0.481 e. The van der Waals surface area contributed by atoms with Crippen LogP contribution in [-0.4, -0.2) is 29.1 Å². The molecule has 96 valence electrons. The van der Waals surface area contributed by atoms with Crippen molar-refractivity contribution in [2.45, 2.75) is 19.9 Å². The predicted molar refractivity (Wildman–Crippen MR) is 72.1 cm³/mol. The average molecular weight is 245 g/mol. The number of carboxylic acid groups (broad SMARTS) is 1. The first-order valence-corrected chi connectivity index (χ1v) is 6.01. The van der Waals surface area contributed by atoms with E-state index in [1.54, 1.807) is 6.92 Å². The minimum atomic E-state index is -0.794. The topological polar surface area (TPSA) is 40.5 Å². The fourth-order valence-electron chi connectivity index (χ4n) is 1.85. The highest BCUT2D eigenvalue weighted by molar-refractivity contribution is 5.69. The third-order valence-corrected chi connectivity index (χ3v) is 3.05. The molecular weight excluding hydrogens is 226 g/mol. The highest BCUT2D eigenvalue weighted by Crippen LogP contribution is 2.20. The average Bonchev–Trinajstić information content (AvgIpc) is 2.38. The summed E-state index contributed by atoms with van der Waals surface area (Å²) >= 11 is 0. The Labute approximate surface area is 108 Å². The Hall–Kier alpha value is -1.79. The van der Waals surface area contributed by atoms with Crippen LogP contribution in [0.15, 0.2) is 30.3 Å². The van der Waals surface area contributed by atoms with Crippen LogP contribution < -0.4 is 0 Å². The number of benzene rings is 1. The van der Waals surface area contributed by atoms with Crippen molar-refractivity contribution in [1.82, 2.24) is 4.90 Å². The molecule has 0 aliphatic heterocycles. The molecule has 1 N–H and O–H groups in total. The van der Waals surface area contributed by atoms with Gasteiger partial charge in [-0.1, -0.05) is 43.2 Å². The Morgan fingerprint density at radius 1 is 1.39 bits per heavy atom. The molecule has 2 atom stereocenters. The first-order valence-electron chi connectivity index (χ1n) is 6.01. The molecule has 0 saturated heterocycles. The Bertz CT molecular complexity index is 422. The summed E-state index contributed by atoms with van der Waals surface area (Å²) in [6, 6.07) is 10.1. The lowest BCUT2D eigenvalue weighted by atomic mass is 10.0. The van der Waals surface area contributed by atoms with Crippen LogP contribution in [-0.2, 0) is 4.79 Å². The standard InChI is InChI=1S/C15H19NO2/c1-4-10-16(11-12(2)15(17)18)13(3)14-8-6-5-7-9-14/h1,5-9,12-13H,10-11H2,2-3H3,(H,17,18). The van der Waals surface area contributed by atoms with Crippen molar-refractivity contribution in [3.8, 4) is 12.3 Å². The van der Waals surface area contributed by atoms with Crippen molar-refractivity contribution in [2.24, 2.45) is 5.92 Å². The molecule has 0 saturated carbocycles. The monoisotopic (exact) mass is 245 g/mol. The molecule has 1 aromatic carbocycles. The van der Waals surface area contributed by atoms with Crippen LogP contribution in [0.5, 0.6) is 0 Å². The SMILES string of the molecule is C#CCN(CC(C)C(=O)O)C(C)c1ccccc1. The fourth-order valence-corrected chi connectivity index (χ4v) is 1.85. The molecule has 3 nitrogen and oxygen atoms in total. The lowest BCUT2D eigenvalue weighted by Gasteiger charge is -2.29. The number of aliphatic carboxylic acids is 1. The van der Waals surface area contributed by atoms with Crippen LogP contribution in [0.4, 0.5) is 0 Å². The van der Waals surface area contributed by atoms with Crippen molar-refractivity contribution >= 4 is 5.97 Å². The van der Waals surface area contributed by atoms with Crippen LogP contribution in [0.1, 0.15) is 25.5 Å². The van der Waals surface area contributed by atoms with Crippen LogP contribution in [0.3, 0.4) is 0 Å². The van der Waals surface area contributed by atoms with Gasteiger partial charge in [-0.25, -0.2) is 0 Å². The second-order valence-electron chi connectivity index (χ2n) is 4.46. The Morgan fingerprint density at radius 2 is 2.00 bits per heavy atom. The van der Waals surface area contributed by atoms with Gasteiger partial charge >= 0.3 is 5.97 Å². The highest BCUT2D eigenvalue weighted by Gasteiger charge is 2.20. The van der Waals surface area contributed by atoms with E-state index in [1.807, 2.05) is 42.2 Å². The molecule has 0 heterocycles. The molecule has 0 aromatic heterocycles. The van der Waals surface area contributed by atoms with E-state index in [0.29, 0.717) is 13.1 Å². The van der Waals surface area contributed by atoms with E-state index in [2.05, 4.69) is 5.92 Å². The summed E-state index contributed by atoms with van der Waals surface area (Å²) in [4.78, 5) is 12.9. The summed E-state index contributed by atoms with van der Waals surface area (Å²) in [5.41, 5.74) is 1.14. The first-order chi connectivity index (χ1) is 8.56. The molecule has 1 rings (SSSR count). The molecule has 0 amide bonds. The zero-order valence-corrected chi connectivity index (χ0v) is 10.8. The van der Waals surface area contributed by atoms with Gasteiger partial charge < -0.3 is 5.11 Å². The first kappa shape index (κ1) is 14.3. The minimum Gasteiger partial charge on any atom is -0.481 e. The Morgan fingerprint density at radius 3 is 2.50 bits per heavy atom. The van der Waals surface area contributed by atoms with Gasteiger partial charge in [0.25, 0.3) is 0 Å². The van der Waals surface area contributed by atoms with Crippen LogP contribution in [0.25, 0.3) is 0 Å². The lowest BCUT2D eigenvalue weighted by molar-refractivity contribution is -0.141. The van der Waals surface area contributed by atoms with E-state index in [4.69, 9.17) is 11.5 Å². The smallest absolute Gasteiger partial charge is 0.307 e. The van der Waals surface area contributed by atoms with Gasteiger partial charge in [0, 0.05) is 12.6 Å². The van der Waals surface area contributed by atoms with Gasteiger partial charge in [0.2, 0.25) is 0 Å². The Kier molecular flexibility index (Phi) is 5.41. The number of carboxylic acids is 1. The zero-order chi connectivity index (χ0) is 13.5. The van der Waals surface area contributed by atoms with Gasteiger partial charge in [-0.2, -0.15) is 0 Å². The van der Waals surface area contributed by atoms with Crippen molar-refractivity contribution in [3.05, 3.63) is 35.9 Å². The number of rotatable bonds is 6. The van der Waals surface area contributed by atoms with Gasteiger partial charge in [-0.15, -0.1) is 6.42 Å². The second kappa shape index (κ2) is 6.83. The molecule has 0 aliphatic rings. The van der Waals surface area contributed by atoms with Crippen molar-refractivity contribution < 1.29 is 9.90 Å². The quantitative estimate of drug-likeness (QED) is 0.782. The number of terminal acetylenes is 1. The van der Waals surface area contributed by atoms with Gasteiger partial charge in [-0.05, 0) is 12.5 Å². The predicted octanol–water partition coefficient (Wildman–Crippen LogP) is 2.40. The summed E-state index contributed by atoms with van der Waals surface area (Å²) in [5, 5.41) is 8.97. The summed E-state index contributed by atoms with van der Waals surface area (Å²) < 4.78 is 0. The third kappa shape index (κ3) is 3.90. The normalized spacial score (nSPS) is 13.9. The minimum absolute atomic E-state index is 0.115. The number of nitrogens with zero attached hydrogens (tertiary/aromatic N) is 1. The molecule has 0 fully saturated rings. The van der Waals surface area contributed by atoms with E-state index >= 15 is 0 Å². The Balaban J connectivity index is 2.79. The summed E-state index contributed by atoms with van der Waals surface area (Å²) in [5.74, 6) is 1.38. The van der Waals surface area contributed by atoms with Crippen molar-refractivity contribution in [3.63, 3.8) is 0 Å². The lowest BCUT2D eigenvalue weighted by Crippen LogP contribution is -2.34. The van der Waals surface area contributed by atoms with Gasteiger partial charge in [0.05, 0.1) is 12.5 Å². The maximum absolute atomic E-state index is 10.9. The van der Waals surface area contributed by atoms with E-state index in [-0.39, 0.29) is 6.04 Å². The van der Waals surface area contributed by atoms with Crippen LogP contribution in [0, 0.1) is 18.3 Å².